The van der Waals surface area contributed by atoms with Crippen LogP contribution in [0.2, 0.25) is 0 Å². The molecule has 0 fully saturated rings. The Morgan fingerprint density at radius 1 is 0.200 bits per heavy atom. The molecule has 0 saturated heterocycles. The predicted molar refractivity (Wildman–Crippen MR) is 56.2 cm³/mol. The van der Waals surface area contributed by atoms with Gasteiger partial charge < -0.3 is 52.0 Å². The Labute approximate surface area is 369 Å². The van der Waals surface area contributed by atoms with Crippen LogP contribution in [-0.2, 0) is 312 Å². The van der Waals surface area contributed by atoms with E-state index in [0.29, 0.717) is 0 Å². The van der Waals surface area contributed by atoms with E-state index >= 15 is 0 Å². The largest absolute Gasteiger partial charge is 1.00 e. The molecule has 0 spiro atoms. The van der Waals surface area contributed by atoms with Crippen molar-refractivity contribution >= 4 is 0 Å². The van der Waals surface area contributed by atoms with Gasteiger partial charge in [-0.3, -0.25) is 0 Å². The Morgan fingerprint density at radius 3 is 0.200 bits per heavy atom. The summed E-state index contributed by atoms with van der Waals surface area (Å²) >= 11 is 0. The van der Waals surface area contributed by atoms with Crippen LogP contribution in [0.3, 0.4) is 0 Å². The number of hydrogen-bond donors (Lipinski definition) is 0. The summed E-state index contributed by atoms with van der Waals surface area (Å²) in [6.45, 7) is 4.00. The van der Waals surface area contributed by atoms with Crippen LogP contribution in [-0.4, -0.2) is 0 Å². The van der Waals surface area contributed by atoms with Crippen LogP contribution in [0, 0.1) is 52.0 Å². The average molecular weight is 1750 g/mol. The maximum absolute atomic E-state index is 2.00. The summed E-state index contributed by atoms with van der Waals surface area (Å²) < 4.78 is 0. The standard InChI is InChI=1S/C2H6.7CH3.16Ru/c1-2;;;;;;;;;;;;;;;;;;;;;;;/h1-2H3;7*1H3;;;;;;;;;;;;;;;;/q;7*-1;;;;;;;;;;7*+1. The third-order valence-corrected chi connectivity index (χ3v) is 0. The molecular formula is C9H27Ru16. The van der Waals surface area contributed by atoms with E-state index < -0.39 is 0 Å². The second kappa shape index (κ2) is 371. The van der Waals surface area contributed by atoms with Gasteiger partial charge in [-0.1, -0.05) is 13.8 Å². The second-order valence-electron chi connectivity index (χ2n) is 0. The Balaban J connectivity index is -0.0000000000198. The molecular weight excluding hydrogens is 1730 g/mol. The van der Waals surface area contributed by atoms with Gasteiger partial charge in [0.1, 0.15) is 0 Å². The molecule has 0 amide bonds. The van der Waals surface area contributed by atoms with Gasteiger partial charge in [-0.2, -0.15) is 0 Å². The zero-order valence-corrected chi connectivity index (χ0v) is 42.5. The van der Waals surface area contributed by atoms with Crippen LogP contribution in [0.5, 0.6) is 0 Å². The molecule has 0 aliphatic rings. The van der Waals surface area contributed by atoms with Gasteiger partial charge in [0.15, 0.2) is 0 Å². The summed E-state index contributed by atoms with van der Waals surface area (Å²) in [5.41, 5.74) is 0. The molecule has 0 bridgehead atoms. The Hall–Kier alpha value is 9.97. The molecule has 0 unspecified atom stereocenters. The minimum Gasteiger partial charge on any atom is -0.358 e. The summed E-state index contributed by atoms with van der Waals surface area (Å²) in [4.78, 5) is 0. The summed E-state index contributed by atoms with van der Waals surface area (Å²) in [7, 11) is 0. The molecule has 0 N–H and O–H groups in total. The van der Waals surface area contributed by atoms with Crippen molar-refractivity contribution < 1.29 is 312 Å². The van der Waals surface area contributed by atoms with Crippen molar-refractivity contribution in [1.29, 1.82) is 0 Å². The minimum absolute atomic E-state index is 0. The number of hydrogen-bond acceptors (Lipinski definition) is 0. The molecule has 0 aromatic carbocycles. The first-order valence-electron chi connectivity index (χ1n) is 1.00. The fourth-order valence-corrected chi connectivity index (χ4v) is 0. The molecule has 0 atom stereocenters. The van der Waals surface area contributed by atoms with E-state index in [1.54, 1.807) is 0 Å². The van der Waals surface area contributed by atoms with Crippen LogP contribution < -0.4 is 0 Å². The van der Waals surface area contributed by atoms with Crippen molar-refractivity contribution in [3.05, 3.63) is 52.0 Å². The van der Waals surface area contributed by atoms with Gasteiger partial charge in [0, 0.05) is 175 Å². The molecule has 0 heterocycles. The van der Waals surface area contributed by atoms with E-state index in [1.165, 1.54) is 0 Å². The minimum atomic E-state index is 0. The van der Waals surface area contributed by atoms with Crippen molar-refractivity contribution in [3.63, 3.8) is 0 Å². The predicted octanol–water partition coefficient (Wildman–Crippen LogP) is 4.14. The molecule has 16 heteroatoms. The van der Waals surface area contributed by atoms with Crippen molar-refractivity contribution in [3.8, 4) is 0 Å². The van der Waals surface area contributed by atoms with Crippen LogP contribution in [0.25, 0.3) is 0 Å². The third-order valence-electron chi connectivity index (χ3n) is 0. The first-order valence-corrected chi connectivity index (χ1v) is 1.00. The summed E-state index contributed by atoms with van der Waals surface area (Å²) in [5, 5.41) is 0. The third kappa shape index (κ3) is 349. The van der Waals surface area contributed by atoms with E-state index in [4.69, 9.17) is 0 Å². The normalized spacial score (nSPS) is 0.240. The zero-order chi connectivity index (χ0) is 2.00. The van der Waals surface area contributed by atoms with Crippen LogP contribution >= 0.6 is 0 Å². The van der Waals surface area contributed by atoms with Gasteiger partial charge in [-0.05, 0) is 0 Å². The molecule has 0 rings (SSSR count). The van der Waals surface area contributed by atoms with Crippen molar-refractivity contribution in [1.82, 2.24) is 0 Å². The molecule has 0 aliphatic heterocycles. The van der Waals surface area contributed by atoms with Gasteiger partial charge in [0.25, 0.3) is 0 Å². The Bertz CT molecular complexity index is 23.6. The van der Waals surface area contributed by atoms with Crippen LogP contribution in [0.15, 0.2) is 0 Å². The van der Waals surface area contributed by atoms with Crippen molar-refractivity contribution in [2.45, 2.75) is 13.8 Å². The van der Waals surface area contributed by atoms with Crippen LogP contribution in [0.4, 0.5) is 0 Å². The maximum atomic E-state index is 2.00. The van der Waals surface area contributed by atoms with E-state index in [1.807, 2.05) is 13.8 Å². The van der Waals surface area contributed by atoms with Gasteiger partial charge >= 0.3 is 136 Å². The van der Waals surface area contributed by atoms with Gasteiger partial charge in [-0.25, -0.2) is 0 Å². The van der Waals surface area contributed by atoms with E-state index in [9.17, 15) is 0 Å². The fraction of sp³-hybridized carbons (Fsp3) is 0.222. The molecule has 191 valence electrons. The number of rotatable bonds is 0. The SMILES string of the molecule is CC.[CH3-].[CH3-].[CH3-].[CH3-].[CH3-].[CH3-].[CH3-].[Ru+].[Ru+].[Ru+].[Ru+].[Ru+].[Ru+].[Ru+].[Ru].[Ru].[Ru].[Ru].[Ru].[Ru].[Ru].[Ru].[Ru]. The quantitative estimate of drug-likeness (QED) is 0.253. The molecule has 0 saturated carbocycles. The average Bonchev–Trinajstić information content (AvgIpc) is 1.00. The molecule has 0 aromatic heterocycles. The maximum Gasteiger partial charge on any atom is 1.00 e. The smallest absolute Gasteiger partial charge is 0.358 e. The molecule has 7 radical (unpaired) electrons. The second-order valence-corrected chi connectivity index (χ2v) is 0. The molecule has 25 heavy (non-hydrogen) atoms. The first kappa shape index (κ1) is 335. The van der Waals surface area contributed by atoms with Gasteiger partial charge in [0.2, 0.25) is 0 Å². The molecule has 0 nitrogen and oxygen atoms in total. The zero-order valence-electron chi connectivity index (χ0n) is 14.7. The molecule has 0 aliphatic carbocycles. The van der Waals surface area contributed by atoms with E-state index in [-0.39, 0.29) is 364 Å². The summed E-state index contributed by atoms with van der Waals surface area (Å²) in [6, 6.07) is 0. The molecule has 0 aromatic rings. The Morgan fingerprint density at radius 2 is 0.200 bits per heavy atom. The van der Waals surface area contributed by atoms with E-state index in [2.05, 4.69) is 0 Å². The van der Waals surface area contributed by atoms with Gasteiger partial charge in [-0.15, -0.1) is 0 Å². The monoisotopic (exact) mass is 1770 g/mol. The summed E-state index contributed by atoms with van der Waals surface area (Å²) in [5.74, 6) is 0. The topological polar surface area (TPSA) is 0 Å². The first-order chi connectivity index (χ1) is 1.00. The van der Waals surface area contributed by atoms with Gasteiger partial charge in [0.05, 0.1) is 0 Å². The van der Waals surface area contributed by atoms with Crippen LogP contribution in [0.1, 0.15) is 13.8 Å². The van der Waals surface area contributed by atoms with Crippen molar-refractivity contribution in [2.75, 3.05) is 0 Å². The Kier molecular flexibility index (Phi) is 4980. The van der Waals surface area contributed by atoms with E-state index in [0.717, 1.165) is 0 Å². The van der Waals surface area contributed by atoms with Crippen molar-refractivity contribution in [2.24, 2.45) is 0 Å². The summed E-state index contributed by atoms with van der Waals surface area (Å²) in [6.07, 6.45) is 0. The fourth-order valence-electron chi connectivity index (χ4n) is 0.